The van der Waals surface area contributed by atoms with Crippen molar-refractivity contribution in [2.45, 2.75) is 13.0 Å². The van der Waals surface area contributed by atoms with Crippen LogP contribution in [0.2, 0.25) is 0 Å². The van der Waals surface area contributed by atoms with E-state index in [1.165, 1.54) is 18.8 Å². The number of hydrogen-bond acceptors (Lipinski definition) is 3. The van der Waals surface area contributed by atoms with Crippen LogP contribution >= 0.6 is 0 Å². The molecule has 0 aromatic heterocycles. The van der Waals surface area contributed by atoms with Gasteiger partial charge in [0.25, 0.3) is 0 Å². The summed E-state index contributed by atoms with van der Waals surface area (Å²) in [6.07, 6.45) is 6.55. The third kappa shape index (κ3) is 2.17. The SMILES string of the molecule is CC1C(N2CCN(C)CC2)=CC=CN1C. The molecule has 0 spiro atoms. The van der Waals surface area contributed by atoms with Crippen LogP contribution in [0.5, 0.6) is 0 Å². The van der Waals surface area contributed by atoms with Crippen LogP contribution in [0.4, 0.5) is 0 Å². The molecule has 0 aromatic rings. The molecule has 0 aromatic carbocycles. The van der Waals surface area contributed by atoms with E-state index < -0.39 is 0 Å². The van der Waals surface area contributed by atoms with Gasteiger partial charge in [-0.1, -0.05) is 0 Å². The molecule has 1 saturated heterocycles. The van der Waals surface area contributed by atoms with Gasteiger partial charge in [0.15, 0.2) is 0 Å². The molecule has 2 rings (SSSR count). The highest BCUT2D eigenvalue weighted by Crippen LogP contribution is 2.19. The number of piperazine rings is 1. The second-order valence-electron chi connectivity index (χ2n) is 4.56. The summed E-state index contributed by atoms with van der Waals surface area (Å²) in [5.74, 6) is 0. The summed E-state index contributed by atoms with van der Waals surface area (Å²) in [6, 6.07) is 0.512. The molecule has 0 aliphatic carbocycles. The Morgan fingerprint density at radius 3 is 2.47 bits per heavy atom. The van der Waals surface area contributed by atoms with Crippen molar-refractivity contribution < 1.29 is 0 Å². The quantitative estimate of drug-likeness (QED) is 0.634. The molecule has 84 valence electrons. The Kier molecular flexibility index (Phi) is 3.00. The van der Waals surface area contributed by atoms with E-state index in [1.54, 1.807) is 0 Å². The molecule has 1 atom stereocenters. The topological polar surface area (TPSA) is 9.72 Å². The first-order chi connectivity index (χ1) is 7.18. The minimum atomic E-state index is 0.512. The zero-order chi connectivity index (χ0) is 10.8. The summed E-state index contributed by atoms with van der Waals surface area (Å²) in [4.78, 5) is 7.18. The lowest BCUT2D eigenvalue weighted by Crippen LogP contribution is -2.47. The maximum absolute atomic E-state index is 2.52. The average molecular weight is 207 g/mol. The molecule has 0 saturated carbocycles. The summed E-state index contributed by atoms with van der Waals surface area (Å²) in [6.45, 7) is 6.95. The van der Waals surface area contributed by atoms with Crippen molar-refractivity contribution >= 4 is 0 Å². The summed E-state index contributed by atoms with van der Waals surface area (Å²) in [5.41, 5.74) is 1.47. The summed E-state index contributed by atoms with van der Waals surface area (Å²) in [7, 11) is 4.34. The number of nitrogens with zero attached hydrogens (tertiary/aromatic N) is 3. The van der Waals surface area contributed by atoms with Gasteiger partial charge in [-0.3, -0.25) is 0 Å². The molecule has 1 unspecified atom stereocenters. The molecule has 0 N–H and O–H groups in total. The first-order valence-corrected chi connectivity index (χ1v) is 5.72. The van der Waals surface area contributed by atoms with Crippen molar-refractivity contribution in [3.8, 4) is 0 Å². The van der Waals surface area contributed by atoms with Crippen LogP contribution in [-0.4, -0.2) is 61.0 Å². The number of likely N-dealkylation sites (N-methyl/N-ethyl adjacent to an activating group) is 2. The predicted octanol–water partition coefficient (Wildman–Crippen LogP) is 0.965. The van der Waals surface area contributed by atoms with Gasteiger partial charge < -0.3 is 14.7 Å². The highest BCUT2D eigenvalue weighted by Gasteiger charge is 2.22. The Labute approximate surface area is 92.6 Å². The monoisotopic (exact) mass is 207 g/mol. The van der Waals surface area contributed by atoms with Gasteiger partial charge in [-0.15, -0.1) is 0 Å². The van der Waals surface area contributed by atoms with Gasteiger partial charge in [0.1, 0.15) is 0 Å². The molecule has 15 heavy (non-hydrogen) atoms. The highest BCUT2D eigenvalue weighted by molar-refractivity contribution is 5.22. The summed E-state index contributed by atoms with van der Waals surface area (Å²) >= 11 is 0. The van der Waals surface area contributed by atoms with E-state index in [0.29, 0.717) is 6.04 Å². The van der Waals surface area contributed by atoms with Crippen LogP contribution in [-0.2, 0) is 0 Å². The molecule has 3 heteroatoms. The lowest BCUT2D eigenvalue weighted by molar-refractivity contribution is 0.165. The Morgan fingerprint density at radius 2 is 1.80 bits per heavy atom. The summed E-state index contributed by atoms with van der Waals surface area (Å²) in [5, 5.41) is 0. The number of rotatable bonds is 1. The van der Waals surface area contributed by atoms with Gasteiger partial charge in [-0.25, -0.2) is 0 Å². The van der Waals surface area contributed by atoms with Gasteiger partial charge in [0.05, 0.1) is 6.04 Å². The molecule has 0 bridgehead atoms. The van der Waals surface area contributed by atoms with Gasteiger partial charge >= 0.3 is 0 Å². The molecule has 1 fully saturated rings. The van der Waals surface area contributed by atoms with Crippen molar-refractivity contribution in [3.63, 3.8) is 0 Å². The molecule has 0 radical (unpaired) electrons. The molecule has 3 nitrogen and oxygen atoms in total. The van der Waals surface area contributed by atoms with Gasteiger partial charge in [0.2, 0.25) is 0 Å². The minimum Gasteiger partial charge on any atom is -0.372 e. The highest BCUT2D eigenvalue weighted by atomic mass is 15.3. The molecular weight excluding hydrogens is 186 g/mol. The van der Waals surface area contributed by atoms with E-state index >= 15 is 0 Å². The number of allylic oxidation sites excluding steroid dienone is 2. The Balaban J connectivity index is 2.04. The normalized spacial score (nSPS) is 28.2. The van der Waals surface area contributed by atoms with Crippen molar-refractivity contribution in [1.82, 2.24) is 14.7 Å². The lowest BCUT2D eigenvalue weighted by Gasteiger charge is -2.40. The van der Waals surface area contributed by atoms with E-state index in [9.17, 15) is 0 Å². The average Bonchev–Trinajstić information content (AvgIpc) is 2.24. The smallest absolute Gasteiger partial charge is 0.0653 e. The third-order valence-electron chi connectivity index (χ3n) is 3.50. The fourth-order valence-electron chi connectivity index (χ4n) is 2.19. The molecular formula is C12H21N3. The van der Waals surface area contributed by atoms with Crippen LogP contribution < -0.4 is 0 Å². The second kappa shape index (κ2) is 4.27. The Bertz CT molecular complexity index is 275. The van der Waals surface area contributed by atoms with Gasteiger partial charge in [-0.2, -0.15) is 0 Å². The lowest BCUT2D eigenvalue weighted by atomic mass is 10.1. The fourth-order valence-corrected chi connectivity index (χ4v) is 2.19. The standard InChI is InChI=1S/C12H21N3/c1-11-12(5-4-6-14(11)3)15-9-7-13(2)8-10-15/h4-6,11H,7-10H2,1-3H3. The van der Waals surface area contributed by atoms with Crippen LogP contribution in [0.1, 0.15) is 6.92 Å². The first-order valence-electron chi connectivity index (χ1n) is 5.72. The van der Waals surface area contributed by atoms with E-state index in [-0.39, 0.29) is 0 Å². The maximum Gasteiger partial charge on any atom is 0.0653 e. The molecule has 2 heterocycles. The Morgan fingerprint density at radius 1 is 1.13 bits per heavy atom. The largest absolute Gasteiger partial charge is 0.372 e. The van der Waals surface area contributed by atoms with Crippen LogP contribution in [0.25, 0.3) is 0 Å². The minimum absolute atomic E-state index is 0.512. The molecule has 2 aliphatic rings. The van der Waals surface area contributed by atoms with Gasteiger partial charge in [-0.05, 0) is 32.3 Å². The van der Waals surface area contributed by atoms with Gasteiger partial charge in [0, 0.05) is 38.9 Å². The maximum atomic E-state index is 2.52. The van der Waals surface area contributed by atoms with Crippen molar-refractivity contribution in [2.75, 3.05) is 40.3 Å². The molecule has 2 aliphatic heterocycles. The van der Waals surface area contributed by atoms with Crippen LogP contribution in [0.15, 0.2) is 24.0 Å². The van der Waals surface area contributed by atoms with Crippen molar-refractivity contribution in [3.05, 3.63) is 24.0 Å². The predicted molar refractivity (Wildman–Crippen MR) is 63.5 cm³/mol. The van der Waals surface area contributed by atoms with E-state index in [4.69, 9.17) is 0 Å². The zero-order valence-electron chi connectivity index (χ0n) is 9.98. The summed E-state index contributed by atoms with van der Waals surface area (Å²) < 4.78 is 0. The van der Waals surface area contributed by atoms with Crippen LogP contribution in [0.3, 0.4) is 0 Å². The van der Waals surface area contributed by atoms with Crippen LogP contribution in [0, 0.1) is 0 Å². The van der Waals surface area contributed by atoms with Crippen molar-refractivity contribution in [1.29, 1.82) is 0 Å². The van der Waals surface area contributed by atoms with E-state index in [2.05, 4.69) is 54.1 Å². The molecule has 0 amide bonds. The third-order valence-corrected chi connectivity index (χ3v) is 3.50. The first kappa shape index (κ1) is 10.6. The number of hydrogen-bond donors (Lipinski definition) is 0. The van der Waals surface area contributed by atoms with E-state index in [0.717, 1.165) is 13.1 Å². The fraction of sp³-hybridized carbons (Fsp3) is 0.667. The second-order valence-corrected chi connectivity index (χ2v) is 4.56. The van der Waals surface area contributed by atoms with Crippen molar-refractivity contribution in [2.24, 2.45) is 0 Å². The zero-order valence-corrected chi connectivity index (χ0v) is 9.98. The van der Waals surface area contributed by atoms with E-state index in [1.807, 2.05) is 0 Å². The Hall–Kier alpha value is -0.960.